The van der Waals surface area contributed by atoms with E-state index in [2.05, 4.69) is 37.5 Å². The molecule has 3 aromatic rings. The molecule has 0 spiro atoms. The number of halogens is 1. The summed E-state index contributed by atoms with van der Waals surface area (Å²) in [7, 11) is 0. The van der Waals surface area contributed by atoms with E-state index in [1.54, 1.807) is 0 Å². The molecule has 0 atom stereocenters. The lowest BCUT2D eigenvalue weighted by Gasteiger charge is -2.07. The van der Waals surface area contributed by atoms with E-state index >= 15 is 0 Å². The first kappa shape index (κ1) is 11.4. The highest BCUT2D eigenvalue weighted by Crippen LogP contribution is 2.21. The fourth-order valence-electron chi connectivity index (χ4n) is 1.96. The van der Waals surface area contributed by atoms with Crippen LogP contribution in [0.2, 0.25) is 0 Å². The van der Waals surface area contributed by atoms with E-state index in [1.165, 1.54) is 6.33 Å². The van der Waals surface area contributed by atoms with Crippen LogP contribution in [0.25, 0.3) is 16.9 Å². The van der Waals surface area contributed by atoms with E-state index in [0.717, 1.165) is 15.1 Å². The summed E-state index contributed by atoms with van der Waals surface area (Å²) in [5.41, 5.74) is 1.71. The number of para-hydroxylation sites is 1. The first-order valence-electron chi connectivity index (χ1n) is 5.36. The summed E-state index contributed by atoms with van der Waals surface area (Å²) in [6.07, 6.45) is 1.37. The van der Waals surface area contributed by atoms with E-state index in [9.17, 15) is 4.79 Å². The molecule has 0 aliphatic heterocycles. The molecule has 0 fully saturated rings. The molecule has 1 aromatic carbocycles. The van der Waals surface area contributed by atoms with Crippen molar-refractivity contribution in [2.45, 2.75) is 6.92 Å². The molecule has 6 heteroatoms. The summed E-state index contributed by atoms with van der Waals surface area (Å²) >= 11 is 2.24. The Kier molecular flexibility index (Phi) is 2.66. The standard InChI is InChI=1S/C12H9IN4O/c1-7-16-11-10(12(18)15-6-14-11)17(7)9-5-3-2-4-8(9)13/h2-6H,1H3,(H,14,15,18). The van der Waals surface area contributed by atoms with Crippen molar-refractivity contribution in [3.8, 4) is 5.69 Å². The van der Waals surface area contributed by atoms with Crippen molar-refractivity contribution in [1.82, 2.24) is 19.5 Å². The molecule has 0 aliphatic carbocycles. The molecule has 90 valence electrons. The van der Waals surface area contributed by atoms with Gasteiger partial charge in [0.25, 0.3) is 5.56 Å². The largest absolute Gasteiger partial charge is 0.311 e. The van der Waals surface area contributed by atoms with Crippen LogP contribution in [0.3, 0.4) is 0 Å². The molecule has 3 rings (SSSR count). The molecule has 0 radical (unpaired) electrons. The Morgan fingerprint density at radius 1 is 1.33 bits per heavy atom. The number of aromatic amines is 1. The lowest BCUT2D eigenvalue weighted by atomic mass is 10.3. The van der Waals surface area contributed by atoms with E-state index < -0.39 is 0 Å². The number of aryl methyl sites for hydroxylation is 1. The van der Waals surface area contributed by atoms with Crippen molar-refractivity contribution in [1.29, 1.82) is 0 Å². The smallest absolute Gasteiger partial charge is 0.277 e. The number of fused-ring (bicyclic) bond motifs is 1. The number of hydrogen-bond donors (Lipinski definition) is 1. The number of nitrogens with zero attached hydrogens (tertiary/aromatic N) is 3. The van der Waals surface area contributed by atoms with Gasteiger partial charge in [-0.3, -0.25) is 9.36 Å². The van der Waals surface area contributed by atoms with Gasteiger partial charge in [-0.1, -0.05) is 12.1 Å². The molecule has 0 amide bonds. The molecule has 0 saturated carbocycles. The third kappa shape index (κ3) is 1.64. The fourth-order valence-corrected chi connectivity index (χ4v) is 2.59. The monoisotopic (exact) mass is 352 g/mol. The Bertz CT molecular complexity index is 790. The van der Waals surface area contributed by atoms with Crippen molar-refractivity contribution < 1.29 is 0 Å². The van der Waals surface area contributed by atoms with Crippen molar-refractivity contribution in [2.24, 2.45) is 0 Å². The van der Waals surface area contributed by atoms with Gasteiger partial charge in [-0.25, -0.2) is 9.97 Å². The van der Waals surface area contributed by atoms with Crippen LogP contribution in [-0.2, 0) is 0 Å². The number of imidazole rings is 1. The Labute approximate surface area is 116 Å². The lowest BCUT2D eigenvalue weighted by Crippen LogP contribution is -2.11. The van der Waals surface area contributed by atoms with Crippen LogP contribution in [0.5, 0.6) is 0 Å². The molecule has 0 saturated heterocycles. The molecule has 5 nitrogen and oxygen atoms in total. The number of H-pyrrole nitrogens is 1. The van der Waals surface area contributed by atoms with E-state index in [0.29, 0.717) is 11.2 Å². The average Bonchev–Trinajstić information content (AvgIpc) is 2.68. The Hall–Kier alpha value is -1.70. The Balaban J connectivity index is 2.47. The maximum atomic E-state index is 11.9. The second kappa shape index (κ2) is 4.20. The maximum absolute atomic E-state index is 11.9. The van der Waals surface area contributed by atoms with E-state index in [1.807, 2.05) is 35.8 Å². The second-order valence-corrected chi connectivity index (χ2v) is 5.01. The third-order valence-electron chi connectivity index (χ3n) is 2.72. The number of nitrogens with one attached hydrogen (secondary N) is 1. The van der Waals surface area contributed by atoms with Gasteiger partial charge >= 0.3 is 0 Å². The summed E-state index contributed by atoms with van der Waals surface area (Å²) in [6, 6.07) is 7.85. The molecule has 1 N–H and O–H groups in total. The number of aromatic nitrogens is 4. The van der Waals surface area contributed by atoms with Crippen LogP contribution in [0.1, 0.15) is 5.82 Å². The van der Waals surface area contributed by atoms with Gasteiger partial charge in [-0.2, -0.15) is 0 Å². The maximum Gasteiger partial charge on any atom is 0.277 e. The van der Waals surface area contributed by atoms with Crippen LogP contribution in [-0.4, -0.2) is 19.5 Å². The SMILES string of the molecule is Cc1nc2nc[nH]c(=O)c2n1-c1ccccc1I. The van der Waals surface area contributed by atoms with Gasteiger partial charge in [-0.15, -0.1) is 0 Å². The van der Waals surface area contributed by atoms with Crippen LogP contribution >= 0.6 is 22.6 Å². The summed E-state index contributed by atoms with van der Waals surface area (Å²) in [4.78, 5) is 22.9. The zero-order valence-corrected chi connectivity index (χ0v) is 11.7. The van der Waals surface area contributed by atoms with Gasteiger partial charge in [0.05, 0.1) is 12.0 Å². The highest BCUT2D eigenvalue weighted by molar-refractivity contribution is 14.1. The van der Waals surface area contributed by atoms with Gasteiger partial charge in [0.2, 0.25) is 0 Å². The molecule has 18 heavy (non-hydrogen) atoms. The minimum Gasteiger partial charge on any atom is -0.311 e. The van der Waals surface area contributed by atoms with Crippen molar-refractivity contribution in [3.63, 3.8) is 0 Å². The number of rotatable bonds is 1. The van der Waals surface area contributed by atoms with Gasteiger partial charge in [0, 0.05) is 3.57 Å². The zero-order valence-electron chi connectivity index (χ0n) is 9.51. The predicted octanol–water partition coefficient (Wildman–Crippen LogP) is 2.02. The average molecular weight is 352 g/mol. The van der Waals surface area contributed by atoms with Crippen LogP contribution in [0, 0.1) is 10.5 Å². The highest BCUT2D eigenvalue weighted by Gasteiger charge is 2.14. The zero-order chi connectivity index (χ0) is 12.7. The predicted molar refractivity (Wildman–Crippen MR) is 76.9 cm³/mol. The first-order valence-corrected chi connectivity index (χ1v) is 6.44. The van der Waals surface area contributed by atoms with Gasteiger partial charge in [-0.05, 0) is 41.6 Å². The quantitative estimate of drug-likeness (QED) is 0.682. The molecule has 0 aliphatic rings. The second-order valence-electron chi connectivity index (χ2n) is 3.85. The molecule has 2 aromatic heterocycles. The minimum absolute atomic E-state index is 0.180. The lowest BCUT2D eigenvalue weighted by molar-refractivity contribution is 0.988. The minimum atomic E-state index is -0.180. The van der Waals surface area contributed by atoms with Gasteiger partial charge in [0.15, 0.2) is 11.2 Å². The van der Waals surface area contributed by atoms with E-state index in [4.69, 9.17) is 0 Å². The fraction of sp³-hybridized carbons (Fsp3) is 0.0833. The van der Waals surface area contributed by atoms with Gasteiger partial charge < -0.3 is 4.98 Å². The van der Waals surface area contributed by atoms with Crippen LogP contribution < -0.4 is 5.56 Å². The normalized spacial score (nSPS) is 11.0. The van der Waals surface area contributed by atoms with Crippen LogP contribution in [0.4, 0.5) is 0 Å². The topological polar surface area (TPSA) is 63.6 Å². The highest BCUT2D eigenvalue weighted by atomic mass is 127. The summed E-state index contributed by atoms with van der Waals surface area (Å²) < 4.78 is 2.89. The Morgan fingerprint density at radius 3 is 2.89 bits per heavy atom. The summed E-state index contributed by atoms with van der Waals surface area (Å²) in [6.45, 7) is 1.87. The van der Waals surface area contributed by atoms with Crippen molar-refractivity contribution in [3.05, 3.63) is 50.3 Å². The number of hydrogen-bond acceptors (Lipinski definition) is 3. The van der Waals surface area contributed by atoms with E-state index in [-0.39, 0.29) is 5.56 Å². The number of benzene rings is 1. The van der Waals surface area contributed by atoms with Crippen molar-refractivity contribution in [2.75, 3.05) is 0 Å². The molecule has 2 heterocycles. The van der Waals surface area contributed by atoms with Crippen molar-refractivity contribution >= 4 is 33.8 Å². The summed E-state index contributed by atoms with van der Waals surface area (Å²) in [5.74, 6) is 0.748. The molecule has 0 bridgehead atoms. The van der Waals surface area contributed by atoms with Gasteiger partial charge in [0.1, 0.15) is 5.82 Å². The molecular weight excluding hydrogens is 343 g/mol. The molecule has 0 unspecified atom stereocenters. The van der Waals surface area contributed by atoms with Crippen LogP contribution in [0.15, 0.2) is 35.4 Å². The third-order valence-corrected chi connectivity index (χ3v) is 3.63. The summed E-state index contributed by atoms with van der Waals surface area (Å²) in [5, 5.41) is 0. The Morgan fingerprint density at radius 2 is 2.11 bits per heavy atom. The first-order chi connectivity index (χ1) is 8.68. The molecular formula is C12H9IN4O.